The molecule has 0 spiro atoms. The summed E-state index contributed by atoms with van der Waals surface area (Å²) in [5, 5.41) is 1.09. The minimum absolute atomic E-state index is 0.104. The van der Waals surface area contributed by atoms with E-state index in [1.165, 1.54) is 0 Å². The highest BCUT2D eigenvalue weighted by Gasteiger charge is 2.43. The van der Waals surface area contributed by atoms with Gasteiger partial charge in [-0.15, -0.1) is 0 Å². The molecule has 1 amide bonds. The van der Waals surface area contributed by atoms with Gasteiger partial charge in [0.2, 0.25) is 5.76 Å². The summed E-state index contributed by atoms with van der Waals surface area (Å²) in [4.78, 5) is 29.0. The number of nitrogens with zero attached hydrogens (tertiary/aromatic N) is 1. The van der Waals surface area contributed by atoms with Gasteiger partial charge in [-0.1, -0.05) is 63.9 Å². The van der Waals surface area contributed by atoms with Crippen molar-refractivity contribution in [3.8, 4) is 0 Å². The maximum Gasteiger partial charge on any atom is 0.291 e. The predicted molar refractivity (Wildman–Crippen MR) is 129 cm³/mol. The summed E-state index contributed by atoms with van der Waals surface area (Å²) >= 11 is 9.86. The SMILES string of the molecule is Cc1cc(C)c2c(=O)c3c(oc2c1)C(=O)N(Cc1ccccc1Cl)C3c1ccc(Br)cc1. The van der Waals surface area contributed by atoms with Crippen molar-refractivity contribution in [2.24, 2.45) is 0 Å². The van der Waals surface area contributed by atoms with E-state index in [1.807, 2.05) is 68.4 Å². The largest absolute Gasteiger partial charge is 0.450 e. The van der Waals surface area contributed by atoms with Crippen LogP contribution < -0.4 is 5.43 Å². The molecule has 0 aliphatic carbocycles. The smallest absolute Gasteiger partial charge is 0.291 e. The lowest BCUT2D eigenvalue weighted by molar-refractivity contribution is 0.0714. The Morgan fingerprint density at radius 1 is 1.03 bits per heavy atom. The van der Waals surface area contributed by atoms with Gasteiger partial charge in [0, 0.05) is 16.0 Å². The van der Waals surface area contributed by atoms with Gasteiger partial charge in [-0.05, 0) is 60.4 Å². The molecule has 1 aliphatic rings. The van der Waals surface area contributed by atoms with Crippen LogP contribution in [-0.2, 0) is 6.54 Å². The third-order valence-corrected chi connectivity index (χ3v) is 6.79. The van der Waals surface area contributed by atoms with Crippen molar-refractivity contribution in [3.05, 3.63) is 114 Å². The third kappa shape index (κ3) is 3.37. The van der Waals surface area contributed by atoms with Crippen molar-refractivity contribution in [2.75, 3.05) is 0 Å². The Morgan fingerprint density at radius 3 is 2.47 bits per heavy atom. The molecule has 0 saturated heterocycles. The number of halogens is 2. The molecule has 160 valence electrons. The van der Waals surface area contributed by atoms with Crippen LogP contribution in [0.4, 0.5) is 0 Å². The zero-order valence-corrected chi connectivity index (χ0v) is 19.8. The van der Waals surface area contributed by atoms with Gasteiger partial charge in [-0.2, -0.15) is 0 Å². The fourth-order valence-electron chi connectivity index (χ4n) is 4.48. The first-order valence-electron chi connectivity index (χ1n) is 10.2. The van der Waals surface area contributed by atoms with Gasteiger partial charge >= 0.3 is 0 Å². The molecule has 32 heavy (non-hydrogen) atoms. The van der Waals surface area contributed by atoms with E-state index in [0.29, 0.717) is 21.6 Å². The van der Waals surface area contributed by atoms with Crippen molar-refractivity contribution in [3.63, 3.8) is 0 Å². The summed E-state index contributed by atoms with van der Waals surface area (Å²) in [5.74, 6) is -0.210. The molecule has 0 saturated carbocycles. The lowest BCUT2D eigenvalue weighted by Gasteiger charge is -2.25. The van der Waals surface area contributed by atoms with Gasteiger partial charge < -0.3 is 9.32 Å². The van der Waals surface area contributed by atoms with Crippen LogP contribution in [-0.4, -0.2) is 10.8 Å². The monoisotopic (exact) mass is 507 g/mol. The Bertz CT molecular complexity index is 1440. The molecular formula is C26H19BrClNO3. The van der Waals surface area contributed by atoms with E-state index in [1.54, 1.807) is 11.0 Å². The number of fused-ring (bicyclic) bond motifs is 2. The molecule has 0 bridgehead atoms. The highest BCUT2D eigenvalue weighted by atomic mass is 79.9. The molecule has 1 aromatic heterocycles. The fourth-order valence-corrected chi connectivity index (χ4v) is 4.94. The van der Waals surface area contributed by atoms with E-state index in [-0.39, 0.29) is 23.6 Å². The number of rotatable bonds is 3. The molecule has 3 aromatic carbocycles. The molecule has 0 fully saturated rings. The molecule has 0 N–H and O–H groups in total. The van der Waals surface area contributed by atoms with Crippen LogP contribution in [0, 0.1) is 13.8 Å². The molecule has 0 radical (unpaired) electrons. The van der Waals surface area contributed by atoms with Crippen molar-refractivity contribution >= 4 is 44.4 Å². The van der Waals surface area contributed by atoms with Gasteiger partial charge in [0.05, 0.1) is 17.0 Å². The summed E-state index contributed by atoms with van der Waals surface area (Å²) in [6.45, 7) is 4.10. The van der Waals surface area contributed by atoms with Crippen molar-refractivity contribution in [1.29, 1.82) is 0 Å². The van der Waals surface area contributed by atoms with E-state index < -0.39 is 6.04 Å². The Hall–Kier alpha value is -2.89. The Morgan fingerprint density at radius 2 is 1.75 bits per heavy atom. The molecule has 5 rings (SSSR count). The average molecular weight is 509 g/mol. The van der Waals surface area contributed by atoms with E-state index in [0.717, 1.165) is 26.7 Å². The number of aryl methyl sites for hydroxylation is 2. The first-order chi connectivity index (χ1) is 15.3. The minimum Gasteiger partial charge on any atom is -0.450 e. The molecule has 2 heterocycles. The standard InChI is InChI=1S/C26H19BrClNO3/c1-14-11-15(2)21-20(12-14)32-25-22(24(21)30)23(16-7-9-18(27)10-8-16)29(26(25)31)13-17-5-3-4-6-19(17)28/h3-12,23H,13H2,1-2H3. The number of carbonyl (C=O) groups excluding carboxylic acids is 1. The van der Waals surface area contributed by atoms with E-state index in [4.69, 9.17) is 16.0 Å². The maximum atomic E-state index is 13.7. The van der Waals surface area contributed by atoms with Crippen LogP contribution in [0.5, 0.6) is 0 Å². The molecule has 4 aromatic rings. The molecule has 1 aliphatic heterocycles. The summed E-state index contributed by atoms with van der Waals surface area (Å²) in [5.41, 5.74) is 4.11. The van der Waals surface area contributed by atoms with Crippen LogP contribution in [0.1, 0.15) is 44.4 Å². The zero-order chi connectivity index (χ0) is 22.6. The topological polar surface area (TPSA) is 50.5 Å². The number of amides is 1. The molecule has 1 atom stereocenters. The zero-order valence-electron chi connectivity index (χ0n) is 17.5. The van der Waals surface area contributed by atoms with Crippen molar-refractivity contribution in [2.45, 2.75) is 26.4 Å². The Kier molecular flexibility index (Phi) is 5.19. The second-order valence-corrected chi connectivity index (χ2v) is 9.43. The quantitative estimate of drug-likeness (QED) is 0.314. The summed E-state index contributed by atoms with van der Waals surface area (Å²) in [6, 6.07) is 18.3. The highest BCUT2D eigenvalue weighted by molar-refractivity contribution is 9.10. The number of hydrogen-bond donors (Lipinski definition) is 0. The van der Waals surface area contributed by atoms with Gasteiger partial charge in [0.1, 0.15) is 5.58 Å². The molecule has 4 nitrogen and oxygen atoms in total. The second-order valence-electron chi connectivity index (χ2n) is 8.11. The first kappa shape index (κ1) is 21.0. The number of benzene rings is 3. The molecule has 1 unspecified atom stereocenters. The fraction of sp³-hybridized carbons (Fsp3) is 0.154. The minimum atomic E-state index is -0.566. The summed E-state index contributed by atoms with van der Waals surface area (Å²) in [7, 11) is 0. The van der Waals surface area contributed by atoms with Gasteiger partial charge in [-0.3, -0.25) is 9.59 Å². The third-order valence-electron chi connectivity index (χ3n) is 5.90. The van der Waals surface area contributed by atoms with Crippen LogP contribution >= 0.6 is 27.5 Å². The summed E-state index contributed by atoms with van der Waals surface area (Å²) in [6.07, 6.45) is 0. The van der Waals surface area contributed by atoms with Crippen molar-refractivity contribution < 1.29 is 9.21 Å². The second kappa shape index (κ2) is 7.91. The van der Waals surface area contributed by atoms with Crippen LogP contribution in [0.15, 0.2) is 74.3 Å². The average Bonchev–Trinajstić information content (AvgIpc) is 3.02. The van der Waals surface area contributed by atoms with Crippen LogP contribution in [0.3, 0.4) is 0 Å². The lowest BCUT2D eigenvalue weighted by atomic mass is 9.97. The first-order valence-corrected chi connectivity index (χ1v) is 11.4. The predicted octanol–water partition coefficient (Wildman–Crippen LogP) is 6.57. The van der Waals surface area contributed by atoms with Crippen LogP contribution in [0.25, 0.3) is 11.0 Å². The molecular weight excluding hydrogens is 490 g/mol. The van der Waals surface area contributed by atoms with E-state index >= 15 is 0 Å². The Balaban J connectivity index is 1.76. The Labute approximate surface area is 198 Å². The lowest BCUT2D eigenvalue weighted by Crippen LogP contribution is -2.29. The van der Waals surface area contributed by atoms with Crippen LogP contribution in [0.2, 0.25) is 5.02 Å². The maximum absolute atomic E-state index is 13.7. The van der Waals surface area contributed by atoms with Gasteiger partial charge in [0.15, 0.2) is 5.43 Å². The van der Waals surface area contributed by atoms with Gasteiger partial charge in [0.25, 0.3) is 5.91 Å². The normalized spacial score (nSPS) is 15.4. The van der Waals surface area contributed by atoms with Gasteiger partial charge in [-0.25, -0.2) is 0 Å². The number of hydrogen-bond acceptors (Lipinski definition) is 3. The van der Waals surface area contributed by atoms with E-state index in [9.17, 15) is 9.59 Å². The number of carbonyl (C=O) groups is 1. The van der Waals surface area contributed by atoms with E-state index in [2.05, 4.69) is 15.9 Å². The van der Waals surface area contributed by atoms with Crippen molar-refractivity contribution in [1.82, 2.24) is 4.90 Å². The highest BCUT2D eigenvalue weighted by Crippen LogP contribution is 2.40. The summed E-state index contributed by atoms with van der Waals surface area (Å²) < 4.78 is 7.02. The molecule has 6 heteroatoms.